The summed E-state index contributed by atoms with van der Waals surface area (Å²) in [5.74, 6) is 0. The summed E-state index contributed by atoms with van der Waals surface area (Å²) in [6, 6.07) is 20.7. The summed E-state index contributed by atoms with van der Waals surface area (Å²) in [5, 5.41) is 9.48. The minimum atomic E-state index is 1.31. The van der Waals surface area contributed by atoms with Crippen molar-refractivity contribution in [2.24, 2.45) is 0 Å². The number of hydrogen-bond acceptors (Lipinski definition) is 1. The van der Waals surface area contributed by atoms with Crippen molar-refractivity contribution in [3.8, 4) is 0 Å². The van der Waals surface area contributed by atoms with Crippen LogP contribution in [0.4, 0.5) is 0 Å². The maximum atomic E-state index is 2.37. The Bertz CT molecular complexity index is 1270. The van der Waals surface area contributed by atoms with Crippen LogP contribution < -0.4 is 0 Å². The van der Waals surface area contributed by atoms with E-state index in [4.69, 9.17) is 0 Å². The molecular weight excluding hydrogens is 308 g/mol. The Hall–Kier alpha value is -2.38. The zero-order valence-electron chi connectivity index (χ0n) is 14.1. The molecule has 0 aliphatic carbocycles. The van der Waals surface area contributed by atoms with Crippen molar-refractivity contribution in [1.29, 1.82) is 0 Å². The monoisotopic (exact) mass is 326 g/mol. The highest BCUT2D eigenvalue weighted by molar-refractivity contribution is 7.19. The summed E-state index contributed by atoms with van der Waals surface area (Å²) in [6.45, 7) is 6.59. The molecule has 0 nitrogen and oxygen atoms in total. The van der Waals surface area contributed by atoms with Crippen LogP contribution in [0.2, 0.25) is 0 Å². The van der Waals surface area contributed by atoms with E-state index in [0.29, 0.717) is 0 Å². The molecule has 0 spiro atoms. The Balaban J connectivity index is 2.00. The van der Waals surface area contributed by atoms with Gasteiger partial charge in [0.05, 0.1) is 0 Å². The predicted molar refractivity (Wildman–Crippen MR) is 109 cm³/mol. The van der Waals surface area contributed by atoms with Gasteiger partial charge in [0, 0.05) is 15.0 Å². The zero-order chi connectivity index (χ0) is 16.4. The van der Waals surface area contributed by atoms with Gasteiger partial charge in [-0.3, -0.25) is 0 Å². The fraction of sp³-hybridized carbons (Fsp3) is 0.130. The summed E-state index contributed by atoms with van der Waals surface area (Å²) < 4.78 is 1.43. The van der Waals surface area contributed by atoms with Gasteiger partial charge in [-0.25, -0.2) is 0 Å². The van der Waals surface area contributed by atoms with Gasteiger partial charge in [-0.2, -0.15) is 0 Å². The second-order valence-corrected chi connectivity index (χ2v) is 8.13. The SMILES string of the molecule is Cc1ccc2cc3c(ccc4c5cc(C)sc5c(C)cc34)cc2c1. The molecule has 5 rings (SSSR count). The molecule has 0 saturated heterocycles. The van der Waals surface area contributed by atoms with Gasteiger partial charge in [-0.15, -0.1) is 11.3 Å². The second-order valence-electron chi connectivity index (χ2n) is 6.88. The molecule has 0 amide bonds. The smallest absolute Gasteiger partial charge is 0.0381 e. The third kappa shape index (κ3) is 1.91. The highest BCUT2D eigenvalue weighted by atomic mass is 32.1. The predicted octanol–water partition coefficient (Wildman–Crippen LogP) is 7.29. The van der Waals surface area contributed by atoms with Crippen LogP contribution in [0.25, 0.3) is 42.4 Å². The molecule has 4 aromatic carbocycles. The van der Waals surface area contributed by atoms with Gasteiger partial charge in [0.25, 0.3) is 0 Å². The topological polar surface area (TPSA) is 0 Å². The lowest BCUT2D eigenvalue weighted by Gasteiger charge is -2.09. The van der Waals surface area contributed by atoms with Gasteiger partial charge in [-0.05, 0) is 82.9 Å². The molecule has 0 unspecified atom stereocenters. The molecule has 1 aromatic heterocycles. The van der Waals surface area contributed by atoms with Crippen LogP contribution in [0.3, 0.4) is 0 Å². The molecule has 5 aromatic rings. The summed E-state index contributed by atoms with van der Waals surface area (Å²) in [7, 11) is 0. The average molecular weight is 326 g/mol. The molecule has 0 aliphatic heterocycles. The Morgan fingerprint density at radius 1 is 0.583 bits per heavy atom. The molecule has 0 fully saturated rings. The third-order valence-electron chi connectivity index (χ3n) is 5.04. The molecule has 0 radical (unpaired) electrons. The van der Waals surface area contributed by atoms with E-state index in [0.717, 1.165) is 0 Å². The lowest BCUT2D eigenvalue weighted by Crippen LogP contribution is -1.83. The normalized spacial score (nSPS) is 12.0. The molecule has 0 saturated carbocycles. The standard InChI is InChI=1S/C23H18S/c1-13-4-5-16-12-20-17(11-18(16)8-13)6-7-19-21(20)9-14(2)23-22(19)10-15(3)24-23/h4-12H,1-3H3. The Morgan fingerprint density at radius 3 is 2.29 bits per heavy atom. The van der Waals surface area contributed by atoms with E-state index < -0.39 is 0 Å². The zero-order valence-corrected chi connectivity index (χ0v) is 14.9. The van der Waals surface area contributed by atoms with Crippen molar-refractivity contribution >= 4 is 53.7 Å². The van der Waals surface area contributed by atoms with Crippen molar-refractivity contribution in [2.75, 3.05) is 0 Å². The van der Waals surface area contributed by atoms with Crippen LogP contribution in [0.15, 0.2) is 54.6 Å². The third-order valence-corrected chi connectivity index (χ3v) is 6.22. The fourth-order valence-corrected chi connectivity index (χ4v) is 4.89. The molecule has 1 heteroatoms. The van der Waals surface area contributed by atoms with Crippen molar-refractivity contribution in [1.82, 2.24) is 0 Å². The quantitative estimate of drug-likeness (QED) is 0.207. The molecule has 0 aliphatic rings. The number of aryl methyl sites for hydroxylation is 3. The van der Waals surface area contributed by atoms with Crippen molar-refractivity contribution in [3.63, 3.8) is 0 Å². The highest BCUT2D eigenvalue weighted by Crippen LogP contribution is 2.38. The largest absolute Gasteiger partial charge is 0.140 e. The van der Waals surface area contributed by atoms with Crippen LogP contribution in [0.5, 0.6) is 0 Å². The first-order valence-electron chi connectivity index (χ1n) is 8.37. The summed E-state index contributed by atoms with van der Waals surface area (Å²) in [4.78, 5) is 1.38. The Kier molecular flexibility index (Phi) is 2.81. The first kappa shape index (κ1) is 14.0. The Labute approximate surface area is 145 Å². The van der Waals surface area contributed by atoms with Gasteiger partial charge in [0.15, 0.2) is 0 Å². The lowest BCUT2D eigenvalue weighted by molar-refractivity contribution is 1.51. The molecular formula is C23H18S. The van der Waals surface area contributed by atoms with E-state index in [1.54, 1.807) is 0 Å². The van der Waals surface area contributed by atoms with Crippen LogP contribution in [-0.2, 0) is 0 Å². The van der Waals surface area contributed by atoms with Crippen LogP contribution in [0.1, 0.15) is 16.0 Å². The van der Waals surface area contributed by atoms with Gasteiger partial charge < -0.3 is 0 Å². The minimum Gasteiger partial charge on any atom is -0.140 e. The van der Waals surface area contributed by atoms with Crippen LogP contribution >= 0.6 is 11.3 Å². The van der Waals surface area contributed by atoms with E-state index in [1.807, 2.05) is 11.3 Å². The van der Waals surface area contributed by atoms with Crippen LogP contribution in [-0.4, -0.2) is 0 Å². The number of thiophene rings is 1. The molecule has 116 valence electrons. The number of hydrogen-bond donors (Lipinski definition) is 0. The lowest BCUT2D eigenvalue weighted by atomic mass is 9.95. The summed E-state index contributed by atoms with van der Waals surface area (Å²) >= 11 is 1.90. The maximum absolute atomic E-state index is 2.37. The Morgan fingerprint density at radius 2 is 1.42 bits per heavy atom. The van der Waals surface area contributed by atoms with Gasteiger partial charge >= 0.3 is 0 Å². The molecule has 0 N–H and O–H groups in total. The van der Waals surface area contributed by atoms with Crippen molar-refractivity contribution in [3.05, 3.63) is 70.6 Å². The van der Waals surface area contributed by atoms with Gasteiger partial charge in [-0.1, -0.05) is 35.9 Å². The number of rotatable bonds is 0. The van der Waals surface area contributed by atoms with E-state index >= 15 is 0 Å². The fourth-order valence-electron chi connectivity index (χ4n) is 3.89. The second kappa shape index (κ2) is 4.81. The van der Waals surface area contributed by atoms with E-state index in [9.17, 15) is 0 Å². The molecule has 0 bridgehead atoms. The number of fused-ring (bicyclic) bond motifs is 6. The molecule has 24 heavy (non-hydrogen) atoms. The van der Waals surface area contributed by atoms with Gasteiger partial charge in [0.2, 0.25) is 0 Å². The minimum absolute atomic E-state index is 1.31. The highest BCUT2D eigenvalue weighted by Gasteiger charge is 2.10. The summed E-state index contributed by atoms with van der Waals surface area (Å²) in [5.41, 5.74) is 2.70. The van der Waals surface area contributed by atoms with Crippen molar-refractivity contribution < 1.29 is 0 Å². The first-order valence-corrected chi connectivity index (χ1v) is 9.18. The number of benzene rings is 4. The van der Waals surface area contributed by atoms with E-state index in [-0.39, 0.29) is 0 Å². The first-order chi connectivity index (χ1) is 11.6. The molecule has 1 heterocycles. The van der Waals surface area contributed by atoms with E-state index in [1.165, 1.54) is 58.4 Å². The average Bonchev–Trinajstić information content (AvgIpc) is 2.95. The molecule has 0 atom stereocenters. The maximum Gasteiger partial charge on any atom is 0.0381 e. The van der Waals surface area contributed by atoms with Crippen LogP contribution in [0, 0.1) is 20.8 Å². The summed E-state index contributed by atoms with van der Waals surface area (Å²) in [6.07, 6.45) is 0. The van der Waals surface area contributed by atoms with Crippen molar-refractivity contribution in [2.45, 2.75) is 20.8 Å². The van der Waals surface area contributed by atoms with E-state index in [2.05, 4.69) is 75.4 Å². The van der Waals surface area contributed by atoms with Gasteiger partial charge in [0.1, 0.15) is 0 Å².